The number of hydrogen-bond donors (Lipinski definition) is 2. The van der Waals surface area contributed by atoms with Crippen molar-refractivity contribution >= 4 is 11.5 Å². The molecule has 1 amide bonds. The van der Waals surface area contributed by atoms with E-state index in [0.717, 1.165) is 11.3 Å². The number of aryl methyl sites for hydroxylation is 1. The Kier molecular flexibility index (Phi) is 3.77. The molecule has 1 aromatic heterocycles. The minimum Gasteiger partial charge on any atom is -0.289 e. The lowest BCUT2D eigenvalue weighted by molar-refractivity contribution is -0.133. The molecule has 1 aliphatic rings. The Hall–Kier alpha value is -2.47. The van der Waals surface area contributed by atoms with Crippen molar-refractivity contribution in [2.75, 3.05) is 0 Å². The maximum atomic E-state index is 14.0. The number of allylic oxidation sites excluding steroid dienone is 1. The van der Waals surface area contributed by atoms with Gasteiger partial charge >= 0.3 is 0 Å². The number of carbonyl (C=O) groups excluding carboxylic acids is 1. The highest BCUT2D eigenvalue weighted by atomic mass is 19.1. The predicted octanol–water partition coefficient (Wildman–Crippen LogP) is 2.49. The fourth-order valence-corrected chi connectivity index (χ4v) is 3.37. The normalized spacial score (nSPS) is 20.4. The van der Waals surface area contributed by atoms with Crippen LogP contribution in [0.15, 0.2) is 36.5 Å². The topological polar surface area (TPSA) is 67.2 Å². The molecule has 0 bridgehead atoms. The van der Waals surface area contributed by atoms with Gasteiger partial charge in [0.1, 0.15) is 5.82 Å². The van der Waals surface area contributed by atoms with Crippen molar-refractivity contribution in [3.8, 4) is 0 Å². The molecule has 5 nitrogen and oxygen atoms in total. The third kappa shape index (κ3) is 2.35. The van der Waals surface area contributed by atoms with Crippen LogP contribution >= 0.6 is 0 Å². The molecule has 3 rings (SSSR count). The second kappa shape index (κ2) is 5.62. The van der Waals surface area contributed by atoms with E-state index in [2.05, 4.69) is 5.10 Å². The largest absolute Gasteiger partial charge is 0.289 e. The van der Waals surface area contributed by atoms with E-state index >= 15 is 0 Å². The van der Waals surface area contributed by atoms with Gasteiger partial charge in [-0.15, -0.1) is 0 Å². The quantitative estimate of drug-likeness (QED) is 0.675. The summed E-state index contributed by atoms with van der Waals surface area (Å²) in [6.07, 6.45) is 4.61. The summed E-state index contributed by atoms with van der Waals surface area (Å²) in [5.74, 6) is -0.918. The Morgan fingerprint density at radius 3 is 2.87 bits per heavy atom. The zero-order valence-corrected chi connectivity index (χ0v) is 13.0. The van der Waals surface area contributed by atoms with Gasteiger partial charge in [0.05, 0.1) is 11.1 Å². The van der Waals surface area contributed by atoms with Crippen molar-refractivity contribution in [3.63, 3.8) is 0 Å². The van der Waals surface area contributed by atoms with E-state index in [-0.39, 0.29) is 5.82 Å². The molecule has 0 radical (unpaired) electrons. The first-order valence-corrected chi connectivity index (χ1v) is 7.40. The van der Waals surface area contributed by atoms with Gasteiger partial charge in [0.2, 0.25) is 0 Å². The standard InChI is InChI=1S/C17H18FN3O2/c1-11-13(4-3-5-14(11)18)17(16(22)20-23)8-6-12(10-17)15-7-9-19-21(15)2/h3-5,7,9-10,23H,6,8H2,1-2H3,(H,20,22). The number of nitrogens with one attached hydrogen (secondary N) is 1. The van der Waals surface area contributed by atoms with E-state index in [9.17, 15) is 14.4 Å². The smallest absolute Gasteiger partial charge is 0.257 e. The van der Waals surface area contributed by atoms with Crippen molar-refractivity contribution in [2.45, 2.75) is 25.2 Å². The van der Waals surface area contributed by atoms with Gasteiger partial charge in [0, 0.05) is 13.2 Å². The molecule has 0 fully saturated rings. The second-order valence-corrected chi connectivity index (χ2v) is 5.83. The number of benzene rings is 1. The van der Waals surface area contributed by atoms with Crippen LogP contribution in [0.5, 0.6) is 0 Å². The SMILES string of the molecule is Cc1c(F)cccc1C1(C(=O)NO)C=C(c2ccnn2C)CC1. The number of hydrogen-bond acceptors (Lipinski definition) is 3. The number of amides is 1. The van der Waals surface area contributed by atoms with Crippen LogP contribution in [-0.2, 0) is 17.3 Å². The maximum Gasteiger partial charge on any atom is 0.257 e. The van der Waals surface area contributed by atoms with Crippen LogP contribution in [0.4, 0.5) is 4.39 Å². The summed E-state index contributed by atoms with van der Waals surface area (Å²) in [7, 11) is 1.83. The molecular formula is C17H18FN3O2. The fourth-order valence-electron chi connectivity index (χ4n) is 3.37. The monoisotopic (exact) mass is 315 g/mol. The van der Waals surface area contributed by atoms with Gasteiger partial charge in [-0.2, -0.15) is 5.10 Å². The van der Waals surface area contributed by atoms with Gasteiger partial charge in [-0.25, -0.2) is 9.87 Å². The molecule has 2 aromatic rings. The van der Waals surface area contributed by atoms with Crippen LogP contribution in [-0.4, -0.2) is 20.9 Å². The summed E-state index contributed by atoms with van der Waals surface area (Å²) >= 11 is 0. The number of nitrogens with zero attached hydrogens (tertiary/aromatic N) is 2. The minimum absolute atomic E-state index is 0.366. The van der Waals surface area contributed by atoms with Gasteiger partial charge in [0.25, 0.3) is 5.91 Å². The molecule has 2 N–H and O–H groups in total. The van der Waals surface area contributed by atoms with Gasteiger partial charge in [-0.1, -0.05) is 18.2 Å². The average molecular weight is 315 g/mol. The number of hydroxylamine groups is 1. The number of aromatic nitrogens is 2. The van der Waals surface area contributed by atoms with Crippen LogP contribution < -0.4 is 5.48 Å². The van der Waals surface area contributed by atoms with Crippen LogP contribution in [0.2, 0.25) is 0 Å². The van der Waals surface area contributed by atoms with E-state index in [1.807, 2.05) is 19.2 Å². The second-order valence-electron chi connectivity index (χ2n) is 5.83. The Labute approximate surface area is 133 Å². The number of rotatable bonds is 3. The van der Waals surface area contributed by atoms with Gasteiger partial charge in [0.15, 0.2) is 0 Å². The van der Waals surface area contributed by atoms with Crippen molar-refractivity contribution in [1.29, 1.82) is 0 Å². The van der Waals surface area contributed by atoms with Crippen molar-refractivity contribution in [1.82, 2.24) is 15.3 Å². The third-order valence-electron chi connectivity index (χ3n) is 4.61. The molecule has 1 aliphatic carbocycles. The summed E-state index contributed by atoms with van der Waals surface area (Å²) in [5, 5.41) is 13.4. The highest BCUT2D eigenvalue weighted by molar-refractivity contribution is 5.94. The summed E-state index contributed by atoms with van der Waals surface area (Å²) in [4.78, 5) is 12.4. The molecule has 23 heavy (non-hydrogen) atoms. The lowest BCUT2D eigenvalue weighted by Gasteiger charge is -2.27. The van der Waals surface area contributed by atoms with Gasteiger partial charge in [-0.3, -0.25) is 14.7 Å². The van der Waals surface area contributed by atoms with Crippen LogP contribution in [0, 0.1) is 12.7 Å². The van der Waals surface area contributed by atoms with E-state index < -0.39 is 11.3 Å². The Balaban J connectivity index is 2.17. The predicted molar refractivity (Wildman–Crippen MR) is 83.2 cm³/mol. The van der Waals surface area contributed by atoms with Crippen LogP contribution in [0.25, 0.3) is 5.57 Å². The molecule has 120 valence electrons. The van der Waals surface area contributed by atoms with Gasteiger partial charge < -0.3 is 0 Å². The molecule has 0 saturated carbocycles. The van der Waals surface area contributed by atoms with Crippen LogP contribution in [0.1, 0.15) is 29.7 Å². The summed E-state index contributed by atoms with van der Waals surface area (Å²) in [5.41, 5.74) is 3.51. The van der Waals surface area contributed by atoms with Crippen molar-refractivity contribution < 1.29 is 14.4 Å². The van der Waals surface area contributed by atoms with Crippen molar-refractivity contribution in [3.05, 3.63) is 59.2 Å². The lowest BCUT2D eigenvalue weighted by atomic mass is 9.77. The van der Waals surface area contributed by atoms with Crippen LogP contribution in [0.3, 0.4) is 0 Å². The summed E-state index contributed by atoms with van der Waals surface area (Å²) in [6.45, 7) is 1.65. The summed E-state index contributed by atoms with van der Waals surface area (Å²) in [6, 6.07) is 6.55. The van der Waals surface area contributed by atoms with Gasteiger partial charge in [-0.05, 0) is 48.6 Å². The minimum atomic E-state index is -1.08. The zero-order chi connectivity index (χ0) is 16.6. The summed E-state index contributed by atoms with van der Waals surface area (Å²) < 4.78 is 15.7. The molecule has 1 heterocycles. The Morgan fingerprint density at radius 2 is 2.22 bits per heavy atom. The molecule has 1 unspecified atom stereocenters. The molecule has 0 spiro atoms. The van der Waals surface area contributed by atoms with Crippen molar-refractivity contribution in [2.24, 2.45) is 7.05 Å². The van der Waals surface area contributed by atoms with E-state index in [4.69, 9.17) is 0 Å². The lowest BCUT2D eigenvalue weighted by Crippen LogP contribution is -2.41. The van der Waals surface area contributed by atoms with E-state index in [1.54, 1.807) is 35.4 Å². The molecule has 0 saturated heterocycles. The first kappa shape index (κ1) is 15.4. The highest BCUT2D eigenvalue weighted by Crippen LogP contribution is 2.44. The zero-order valence-electron chi connectivity index (χ0n) is 13.0. The molecule has 1 atom stereocenters. The number of carbonyl (C=O) groups is 1. The average Bonchev–Trinajstić information content (AvgIpc) is 3.16. The first-order chi connectivity index (χ1) is 11.0. The molecular weight excluding hydrogens is 297 g/mol. The third-order valence-corrected chi connectivity index (χ3v) is 4.61. The Morgan fingerprint density at radius 1 is 1.43 bits per heavy atom. The molecule has 0 aliphatic heterocycles. The Bertz CT molecular complexity index is 797. The first-order valence-electron chi connectivity index (χ1n) is 7.40. The highest BCUT2D eigenvalue weighted by Gasteiger charge is 2.43. The van der Waals surface area contributed by atoms with E-state index in [0.29, 0.717) is 24.0 Å². The fraction of sp³-hybridized carbons (Fsp3) is 0.294. The molecule has 1 aromatic carbocycles. The van der Waals surface area contributed by atoms with E-state index in [1.165, 1.54) is 6.07 Å². The molecule has 6 heteroatoms. The number of halogens is 1. The maximum absolute atomic E-state index is 14.0.